The molecule has 0 aliphatic carbocycles. The Morgan fingerprint density at radius 1 is 0.952 bits per heavy atom. The van der Waals surface area contributed by atoms with Crippen LogP contribution >= 0.6 is 0 Å². The number of ketones is 1. The molecule has 0 fully saturated rings. The summed E-state index contributed by atoms with van der Waals surface area (Å²) in [6.45, 7) is 0. The van der Waals surface area contributed by atoms with Crippen molar-refractivity contribution in [2.75, 3.05) is 14.2 Å². The summed E-state index contributed by atoms with van der Waals surface area (Å²) in [5.74, 6) is 0.924. The third kappa shape index (κ3) is 2.03. The van der Waals surface area contributed by atoms with Gasteiger partial charge in [0.15, 0.2) is 0 Å². The van der Waals surface area contributed by atoms with Crippen LogP contribution < -0.4 is 9.47 Å². The fraction of sp³-hybridized carbons (Fsp3) is 0.125. The van der Waals surface area contributed by atoms with Crippen LogP contribution in [0.2, 0.25) is 0 Å². The maximum absolute atomic E-state index is 12.4. The van der Waals surface area contributed by atoms with Gasteiger partial charge in [-0.2, -0.15) is 4.74 Å². The summed E-state index contributed by atoms with van der Waals surface area (Å²) in [4.78, 5) is 12.4. The highest BCUT2D eigenvalue weighted by Gasteiger charge is 2.36. The number of carbonyl (C=O) groups excluding carboxylic acids is 1. The van der Waals surface area contributed by atoms with E-state index in [1.54, 1.807) is 49.6 Å². The van der Waals surface area contributed by atoms with Gasteiger partial charge in [0.1, 0.15) is 17.1 Å². The minimum Gasteiger partial charge on any atom is -0.618 e. The molecule has 0 saturated heterocycles. The lowest BCUT2D eigenvalue weighted by Crippen LogP contribution is -2.16. The van der Waals surface area contributed by atoms with Crippen molar-refractivity contribution in [1.29, 1.82) is 0 Å². The van der Waals surface area contributed by atoms with Crippen LogP contribution in [-0.2, 0) is 0 Å². The van der Waals surface area contributed by atoms with Crippen molar-refractivity contribution in [3.63, 3.8) is 0 Å². The maximum atomic E-state index is 12.4. The molecule has 1 aliphatic heterocycles. The lowest BCUT2D eigenvalue weighted by atomic mass is 10.0. The van der Waals surface area contributed by atoms with Crippen molar-refractivity contribution in [2.24, 2.45) is 0 Å². The summed E-state index contributed by atoms with van der Waals surface area (Å²) in [7, 11) is 3.08. The molecule has 0 atom stereocenters. The van der Waals surface area contributed by atoms with E-state index in [0.29, 0.717) is 33.1 Å². The van der Waals surface area contributed by atoms with Crippen LogP contribution in [0, 0.1) is 5.21 Å². The molecule has 0 unspecified atom stereocenters. The van der Waals surface area contributed by atoms with Gasteiger partial charge in [-0.15, -0.1) is 0 Å². The van der Waals surface area contributed by atoms with Crippen LogP contribution in [0.1, 0.15) is 15.9 Å². The summed E-state index contributed by atoms with van der Waals surface area (Å²) >= 11 is 0. The topological polar surface area (TPSA) is 61.6 Å². The van der Waals surface area contributed by atoms with Gasteiger partial charge in [-0.3, -0.25) is 4.79 Å². The molecular weight excluding hydrogens is 270 g/mol. The lowest BCUT2D eigenvalue weighted by Gasteiger charge is -2.04. The zero-order valence-corrected chi connectivity index (χ0v) is 11.6. The molecule has 106 valence electrons. The number of benzene rings is 2. The van der Waals surface area contributed by atoms with Crippen molar-refractivity contribution in [2.45, 2.75) is 0 Å². The van der Waals surface area contributed by atoms with Crippen molar-refractivity contribution < 1.29 is 19.0 Å². The van der Waals surface area contributed by atoms with E-state index in [-0.39, 0.29) is 11.5 Å². The first kappa shape index (κ1) is 13.2. The predicted octanol–water partition coefficient (Wildman–Crippen LogP) is 2.53. The number of ether oxygens (including phenoxy) is 2. The first-order valence-electron chi connectivity index (χ1n) is 6.37. The molecular formula is C16H13NO4. The standard InChI is InChI=1S/C16H13NO4/c1-20-11-5-3-10(4-6-11)15-16(18)13-8-7-12(21-2)9-14(13)17(15)19/h3-9H,1-2H3. The summed E-state index contributed by atoms with van der Waals surface area (Å²) in [6, 6.07) is 11.7. The molecule has 2 aromatic rings. The Hall–Kier alpha value is -2.82. The van der Waals surface area contributed by atoms with Gasteiger partial charge in [-0.25, -0.2) is 0 Å². The highest BCUT2D eigenvalue weighted by Crippen LogP contribution is 2.31. The molecule has 0 saturated carbocycles. The number of hydrogen-bond acceptors (Lipinski definition) is 4. The number of rotatable bonds is 3. The molecule has 5 nitrogen and oxygen atoms in total. The number of fused-ring (bicyclic) bond motifs is 1. The Morgan fingerprint density at radius 3 is 2.19 bits per heavy atom. The Bertz CT molecular complexity index is 747. The van der Waals surface area contributed by atoms with E-state index in [4.69, 9.17) is 9.47 Å². The number of methoxy groups -OCH3 is 2. The number of nitrogens with zero attached hydrogens (tertiary/aromatic N) is 1. The van der Waals surface area contributed by atoms with E-state index in [1.165, 1.54) is 7.11 Å². The van der Waals surface area contributed by atoms with Gasteiger partial charge in [0, 0.05) is 0 Å². The second-order valence-corrected chi connectivity index (χ2v) is 4.58. The van der Waals surface area contributed by atoms with Gasteiger partial charge in [-0.05, 0) is 36.4 Å². The molecule has 1 aliphatic rings. The first-order chi connectivity index (χ1) is 10.2. The van der Waals surface area contributed by atoms with Crippen molar-refractivity contribution in [3.05, 3.63) is 58.8 Å². The summed E-state index contributed by atoms with van der Waals surface area (Å²) in [5, 5.41) is 12.4. The minimum atomic E-state index is -0.284. The third-order valence-corrected chi connectivity index (χ3v) is 3.45. The predicted molar refractivity (Wildman–Crippen MR) is 77.7 cm³/mol. The largest absolute Gasteiger partial charge is 0.618 e. The maximum Gasteiger partial charge on any atom is 0.272 e. The smallest absolute Gasteiger partial charge is 0.272 e. The van der Waals surface area contributed by atoms with Crippen LogP contribution in [0.3, 0.4) is 0 Å². The Balaban J connectivity index is 2.10. The molecule has 0 amide bonds. The zero-order chi connectivity index (χ0) is 15.0. The molecule has 2 aromatic carbocycles. The Labute approximate surface area is 121 Å². The molecule has 0 bridgehead atoms. The highest BCUT2D eigenvalue weighted by molar-refractivity contribution is 6.52. The minimum absolute atomic E-state index is 0.112. The monoisotopic (exact) mass is 283 g/mol. The fourth-order valence-electron chi connectivity index (χ4n) is 2.34. The van der Waals surface area contributed by atoms with Gasteiger partial charge in [0.25, 0.3) is 11.5 Å². The van der Waals surface area contributed by atoms with Crippen LogP contribution in [0.5, 0.6) is 11.5 Å². The highest BCUT2D eigenvalue weighted by atomic mass is 16.5. The SMILES string of the molecule is COc1ccc(C2=[N+]([O-])c3cc(OC)ccc3C2=O)cc1. The molecule has 1 heterocycles. The second kappa shape index (κ2) is 4.94. The normalized spacial score (nSPS) is 13.3. The van der Waals surface area contributed by atoms with E-state index < -0.39 is 0 Å². The number of hydrogen-bond donors (Lipinski definition) is 0. The van der Waals surface area contributed by atoms with Gasteiger partial charge < -0.3 is 14.7 Å². The van der Waals surface area contributed by atoms with Crippen LogP contribution in [0.4, 0.5) is 5.69 Å². The van der Waals surface area contributed by atoms with E-state index >= 15 is 0 Å². The van der Waals surface area contributed by atoms with E-state index in [0.717, 1.165) is 0 Å². The zero-order valence-electron chi connectivity index (χ0n) is 11.6. The van der Waals surface area contributed by atoms with Crippen molar-refractivity contribution in [3.8, 4) is 11.5 Å². The summed E-state index contributed by atoms with van der Waals surface area (Å²) in [6.07, 6.45) is 0. The van der Waals surface area contributed by atoms with Crippen LogP contribution in [-0.4, -0.2) is 30.5 Å². The van der Waals surface area contributed by atoms with Crippen LogP contribution in [0.25, 0.3) is 0 Å². The number of carbonyl (C=O) groups is 1. The number of Topliss-reactive ketones (excluding diaryl/α,β-unsaturated/α-hetero) is 1. The van der Waals surface area contributed by atoms with E-state index in [2.05, 4.69) is 0 Å². The van der Waals surface area contributed by atoms with Crippen LogP contribution in [0.15, 0.2) is 42.5 Å². The Kier molecular flexibility index (Phi) is 3.10. The fourth-order valence-corrected chi connectivity index (χ4v) is 2.34. The first-order valence-corrected chi connectivity index (χ1v) is 6.37. The molecule has 21 heavy (non-hydrogen) atoms. The van der Waals surface area contributed by atoms with Crippen molar-refractivity contribution >= 4 is 17.2 Å². The molecule has 0 spiro atoms. The van der Waals surface area contributed by atoms with Gasteiger partial charge in [0.05, 0.1) is 25.8 Å². The molecule has 0 aromatic heterocycles. The van der Waals surface area contributed by atoms with Gasteiger partial charge >= 0.3 is 0 Å². The summed E-state index contributed by atoms with van der Waals surface area (Å²) in [5.41, 5.74) is 1.37. The lowest BCUT2D eigenvalue weighted by molar-refractivity contribution is -0.355. The van der Waals surface area contributed by atoms with Gasteiger partial charge in [0.2, 0.25) is 5.69 Å². The van der Waals surface area contributed by atoms with E-state index in [1.807, 2.05) is 0 Å². The Morgan fingerprint density at radius 2 is 1.57 bits per heavy atom. The van der Waals surface area contributed by atoms with E-state index in [9.17, 15) is 10.0 Å². The van der Waals surface area contributed by atoms with Crippen molar-refractivity contribution in [1.82, 2.24) is 0 Å². The summed E-state index contributed by atoms with van der Waals surface area (Å²) < 4.78 is 10.8. The van der Waals surface area contributed by atoms with Gasteiger partial charge in [-0.1, -0.05) is 0 Å². The third-order valence-electron chi connectivity index (χ3n) is 3.45. The molecule has 5 heteroatoms. The molecule has 0 N–H and O–H groups in total. The molecule has 0 radical (unpaired) electrons. The second-order valence-electron chi connectivity index (χ2n) is 4.58. The molecule has 3 rings (SSSR count). The quantitative estimate of drug-likeness (QED) is 0.641. The average Bonchev–Trinajstić information content (AvgIpc) is 2.78. The average molecular weight is 283 g/mol.